The predicted molar refractivity (Wildman–Crippen MR) is 56.1 cm³/mol. The second kappa shape index (κ2) is 4.60. The van der Waals surface area contributed by atoms with Gasteiger partial charge in [0.25, 0.3) is 0 Å². The Bertz CT molecular complexity index is 394. The number of hydrogen-bond acceptors (Lipinski definition) is 2. The molecule has 0 saturated heterocycles. The summed E-state index contributed by atoms with van der Waals surface area (Å²) in [4.78, 5) is 11.4. The number of esters is 1. The highest BCUT2D eigenvalue weighted by Crippen LogP contribution is 2.15. The van der Waals surface area contributed by atoms with Crippen molar-refractivity contribution in [1.82, 2.24) is 0 Å². The van der Waals surface area contributed by atoms with Crippen LogP contribution in [0, 0.1) is 17.0 Å². The molecule has 88 valence electrons. The molecule has 0 N–H and O–H groups in total. The summed E-state index contributed by atoms with van der Waals surface area (Å²) in [6.07, 6.45) is 0. The highest BCUT2D eigenvalue weighted by Gasteiger charge is 2.16. The highest BCUT2D eigenvalue weighted by atomic mass is 19.2. The monoisotopic (exact) mass is 228 g/mol. The summed E-state index contributed by atoms with van der Waals surface area (Å²) in [5.74, 6) is -2.67. The molecule has 0 aliphatic rings. The van der Waals surface area contributed by atoms with Gasteiger partial charge in [-0.2, -0.15) is 0 Å². The lowest BCUT2D eigenvalue weighted by molar-refractivity contribution is 0.0366. The number of benzene rings is 1. The van der Waals surface area contributed by atoms with Crippen LogP contribution in [0.3, 0.4) is 0 Å². The second-order valence-corrected chi connectivity index (χ2v) is 4.77. The Balaban J connectivity index is 2.70. The van der Waals surface area contributed by atoms with E-state index in [-0.39, 0.29) is 17.6 Å². The summed E-state index contributed by atoms with van der Waals surface area (Å²) in [6.45, 7) is 5.95. The largest absolute Gasteiger partial charge is 0.462 e. The normalized spacial score (nSPS) is 11.3. The van der Waals surface area contributed by atoms with Gasteiger partial charge in [-0.15, -0.1) is 0 Å². The fourth-order valence-electron chi connectivity index (χ4n) is 0.988. The average Bonchev–Trinajstić information content (AvgIpc) is 2.17. The maximum absolute atomic E-state index is 12.8. The van der Waals surface area contributed by atoms with E-state index >= 15 is 0 Å². The molecule has 2 nitrogen and oxygen atoms in total. The van der Waals surface area contributed by atoms with Gasteiger partial charge in [-0.25, -0.2) is 13.6 Å². The van der Waals surface area contributed by atoms with Crippen molar-refractivity contribution in [2.75, 3.05) is 6.61 Å². The molecular weight excluding hydrogens is 214 g/mol. The lowest BCUT2D eigenvalue weighted by Gasteiger charge is -2.17. The third-order valence-electron chi connectivity index (χ3n) is 1.79. The maximum atomic E-state index is 12.8. The molecule has 4 heteroatoms. The molecule has 0 bridgehead atoms. The van der Waals surface area contributed by atoms with Gasteiger partial charge in [0.05, 0.1) is 12.2 Å². The zero-order valence-electron chi connectivity index (χ0n) is 9.51. The number of ether oxygens (including phenoxy) is 1. The first-order valence-corrected chi connectivity index (χ1v) is 4.92. The summed E-state index contributed by atoms with van der Waals surface area (Å²) in [5, 5.41) is 0. The first-order chi connectivity index (χ1) is 7.29. The van der Waals surface area contributed by atoms with Crippen LogP contribution < -0.4 is 0 Å². The Labute approximate surface area is 93.2 Å². The number of carbonyl (C=O) groups is 1. The van der Waals surface area contributed by atoms with Crippen molar-refractivity contribution in [1.29, 1.82) is 0 Å². The molecule has 0 aliphatic carbocycles. The molecular formula is C12H14F2O2. The zero-order valence-corrected chi connectivity index (χ0v) is 9.51. The van der Waals surface area contributed by atoms with Gasteiger partial charge < -0.3 is 4.74 Å². The Morgan fingerprint density at radius 1 is 1.25 bits per heavy atom. The van der Waals surface area contributed by atoms with Crippen molar-refractivity contribution >= 4 is 5.97 Å². The van der Waals surface area contributed by atoms with Crippen molar-refractivity contribution in [3.05, 3.63) is 35.4 Å². The van der Waals surface area contributed by atoms with Crippen LogP contribution in [0.15, 0.2) is 18.2 Å². The van der Waals surface area contributed by atoms with E-state index < -0.39 is 17.6 Å². The van der Waals surface area contributed by atoms with Gasteiger partial charge >= 0.3 is 5.97 Å². The van der Waals surface area contributed by atoms with Crippen molar-refractivity contribution in [2.45, 2.75) is 20.8 Å². The number of rotatable bonds is 2. The molecule has 16 heavy (non-hydrogen) atoms. The summed E-state index contributed by atoms with van der Waals surface area (Å²) >= 11 is 0. The fourth-order valence-corrected chi connectivity index (χ4v) is 0.988. The molecule has 1 aromatic rings. The van der Waals surface area contributed by atoms with Gasteiger partial charge in [-0.05, 0) is 23.6 Å². The Hall–Kier alpha value is -1.45. The zero-order chi connectivity index (χ0) is 12.3. The first-order valence-electron chi connectivity index (χ1n) is 4.92. The minimum atomic E-state index is -1.05. The number of hydrogen-bond donors (Lipinski definition) is 0. The van der Waals surface area contributed by atoms with Gasteiger partial charge in [0.1, 0.15) is 0 Å². The van der Waals surface area contributed by atoms with E-state index in [1.54, 1.807) is 0 Å². The first kappa shape index (κ1) is 12.6. The summed E-state index contributed by atoms with van der Waals surface area (Å²) in [7, 11) is 0. The van der Waals surface area contributed by atoms with Gasteiger partial charge in [0.15, 0.2) is 11.6 Å². The molecule has 0 atom stereocenters. The van der Waals surface area contributed by atoms with Crippen LogP contribution in [0.25, 0.3) is 0 Å². The van der Waals surface area contributed by atoms with Gasteiger partial charge in [0.2, 0.25) is 0 Å². The quantitative estimate of drug-likeness (QED) is 0.727. The highest BCUT2D eigenvalue weighted by molar-refractivity contribution is 5.89. The van der Waals surface area contributed by atoms with Crippen LogP contribution in [0.5, 0.6) is 0 Å². The maximum Gasteiger partial charge on any atom is 0.338 e. The standard InChI is InChI=1S/C12H14F2O2/c1-12(2,3)7-16-11(15)8-4-5-9(13)10(14)6-8/h4-6H,7H2,1-3H3. The van der Waals surface area contributed by atoms with Gasteiger partial charge in [0, 0.05) is 0 Å². The van der Waals surface area contributed by atoms with Gasteiger partial charge in [-0.1, -0.05) is 20.8 Å². The Morgan fingerprint density at radius 3 is 2.38 bits per heavy atom. The van der Waals surface area contributed by atoms with Crippen LogP contribution in [-0.4, -0.2) is 12.6 Å². The van der Waals surface area contributed by atoms with Crippen LogP contribution in [-0.2, 0) is 4.74 Å². The number of carbonyl (C=O) groups excluding carboxylic acids is 1. The molecule has 0 aromatic heterocycles. The third-order valence-corrected chi connectivity index (χ3v) is 1.79. The third kappa shape index (κ3) is 3.61. The smallest absolute Gasteiger partial charge is 0.338 e. The Morgan fingerprint density at radius 2 is 1.88 bits per heavy atom. The number of halogens is 2. The minimum absolute atomic E-state index is 0.0168. The van der Waals surface area contributed by atoms with E-state index in [0.29, 0.717) is 0 Å². The molecule has 0 spiro atoms. The summed E-state index contributed by atoms with van der Waals surface area (Å²) < 4.78 is 30.4. The SMILES string of the molecule is CC(C)(C)COC(=O)c1ccc(F)c(F)c1. The molecule has 0 amide bonds. The van der Waals surface area contributed by atoms with Crippen molar-refractivity contribution in [2.24, 2.45) is 5.41 Å². The van der Waals surface area contributed by atoms with Crippen molar-refractivity contribution < 1.29 is 18.3 Å². The van der Waals surface area contributed by atoms with Crippen molar-refractivity contribution in [3.8, 4) is 0 Å². The summed E-state index contributed by atoms with van der Waals surface area (Å²) in [6, 6.07) is 2.94. The second-order valence-electron chi connectivity index (χ2n) is 4.77. The van der Waals surface area contributed by atoms with E-state index in [4.69, 9.17) is 4.74 Å². The van der Waals surface area contributed by atoms with E-state index in [1.807, 2.05) is 20.8 Å². The van der Waals surface area contributed by atoms with Crippen molar-refractivity contribution in [3.63, 3.8) is 0 Å². The molecule has 0 unspecified atom stereocenters. The molecule has 0 saturated carbocycles. The van der Waals surface area contributed by atoms with E-state index in [1.165, 1.54) is 6.07 Å². The molecule has 0 fully saturated rings. The molecule has 0 aliphatic heterocycles. The van der Waals surface area contributed by atoms with Crippen LogP contribution >= 0.6 is 0 Å². The topological polar surface area (TPSA) is 26.3 Å². The van der Waals surface area contributed by atoms with E-state index in [2.05, 4.69) is 0 Å². The molecule has 0 radical (unpaired) electrons. The lowest BCUT2D eigenvalue weighted by Crippen LogP contribution is -2.18. The predicted octanol–water partition coefficient (Wildman–Crippen LogP) is 3.17. The minimum Gasteiger partial charge on any atom is -0.462 e. The average molecular weight is 228 g/mol. The van der Waals surface area contributed by atoms with Crippen LogP contribution in [0.1, 0.15) is 31.1 Å². The lowest BCUT2D eigenvalue weighted by atomic mass is 9.99. The van der Waals surface area contributed by atoms with Crippen LogP contribution in [0.2, 0.25) is 0 Å². The van der Waals surface area contributed by atoms with Crippen LogP contribution in [0.4, 0.5) is 8.78 Å². The Kier molecular flexibility index (Phi) is 3.62. The summed E-state index contributed by atoms with van der Waals surface area (Å²) in [5.41, 5.74) is -0.142. The molecule has 1 rings (SSSR count). The van der Waals surface area contributed by atoms with E-state index in [0.717, 1.165) is 12.1 Å². The van der Waals surface area contributed by atoms with E-state index in [9.17, 15) is 13.6 Å². The molecule has 0 heterocycles. The fraction of sp³-hybridized carbons (Fsp3) is 0.417. The molecule has 1 aromatic carbocycles. The van der Waals surface area contributed by atoms with Gasteiger partial charge in [-0.3, -0.25) is 0 Å².